The third-order valence-electron chi connectivity index (χ3n) is 7.53. The van der Waals surface area contributed by atoms with E-state index in [-0.39, 0.29) is 22.8 Å². The monoisotopic (exact) mass is 495 g/mol. The van der Waals surface area contributed by atoms with E-state index in [1.807, 2.05) is 60.7 Å². The van der Waals surface area contributed by atoms with Crippen LogP contribution in [0.2, 0.25) is 0 Å². The predicted molar refractivity (Wildman–Crippen MR) is 127 cm³/mol. The highest BCUT2D eigenvalue weighted by atomic mass is 79.9. The lowest BCUT2D eigenvalue weighted by Crippen LogP contribution is -2.56. The lowest BCUT2D eigenvalue weighted by Gasteiger charge is -2.58. The van der Waals surface area contributed by atoms with Crippen LogP contribution in [-0.4, -0.2) is 27.7 Å². The first-order chi connectivity index (χ1) is 15.4. The molecule has 2 aromatic rings. The lowest BCUT2D eigenvalue weighted by molar-refractivity contribution is -0.172. The molecule has 4 saturated carbocycles. The van der Waals surface area contributed by atoms with Crippen LogP contribution in [-0.2, 0) is 27.4 Å². The number of carbonyl (C=O) groups excluding carboxylic acids is 2. The Morgan fingerprint density at radius 2 is 1.41 bits per heavy atom. The molecule has 2 atom stereocenters. The zero-order valence-electron chi connectivity index (χ0n) is 18.3. The Kier molecular flexibility index (Phi) is 5.87. The van der Waals surface area contributed by atoms with Crippen molar-refractivity contribution < 1.29 is 14.3 Å². The fraction of sp³-hybridized carbons (Fsp3) is 0.481. The molecule has 5 heteroatoms. The molecule has 0 aliphatic heterocycles. The Balaban J connectivity index is 1.26. The highest BCUT2D eigenvalue weighted by Crippen LogP contribution is 2.64. The van der Waals surface area contributed by atoms with Gasteiger partial charge in [-0.15, -0.1) is 0 Å². The summed E-state index contributed by atoms with van der Waals surface area (Å²) >= 11 is 3.96. The number of benzene rings is 2. The second-order valence-electron chi connectivity index (χ2n) is 10.2. The van der Waals surface area contributed by atoms with Gasteiger partial charge in [-0.05, 0) is 61.5 Å². The average Bonchev–Trinajstić information content (AvgIpc) is 2.76. The quantitative estimate of drug-likeness (QED) is 0.376. The molecule has 4 fully saturated rings. The van der Waals surface area contributed by atoms with E-state index in [4.69, 9.17) is 4.74 Å². The molecule has 4 aliphatic carbocycles. The summed E-state index contributed by atoms with van der Waals surface area (Å²) in [6, 6.07) is 19.9. The van der Waals surface area contributed by atoms with Crippen molar-refractivity contribution in [2.45, 2.75) is 55.9 Å². The van der Waals surface area contributed by atoms with Gasteiger partial charge in [-0.25, -0.2) is 0 Å². The van der Waals surface area contributed by atoms with Crippen LogP contribution >= 0.6 is 15.9 Å². The number of rotatable bonds is 7. The van der Waals surface area contributed by atoms with Crippen LogP contribution in [0.15, 0.2) is 60.7 Å². The minimum absolute atomic E-state index is 0.0900. The van der Waals surface area contributed by atoms with Gasteiger partial charge in [0.1, 0.15) is 0 Å². The van der Waals surface area contributed by atoms with Gasteiger partial charge < -0.3 is 9.64 Å². The zero-order valence-corrected chi connectivity index (χ0v) is 19.9. The van der Waals surface area contributed by atoms with Gasteiger partial charge in [0.25, 0.3) is 5.91 Å². The fourth-order valence-electron chi connectivity index (χ4n) is 6.60. The van der Waals surface area contributed by atoms with E-state index in [0.29, 0.717) is 24.9 Å². The maximum Gasteiger partial charge on any atom is 0.312 e. The molecule has 32 heavy (non-hydrogen) atoms. The van der Waals surface area contributed by atoms with Crippen molar-refractivity contribution in [1.29, 1.82) is 0 Å². The van der Waals surface area contributed by atoms with E-state index in [9.17, 15) is 9.59 Å². The summed E-state index contributed by atoms with van der Waals surface area (Å²) in [5, 5.41) is 0. The van der Waals surface area contributed by atoms with Crippen LogP contribution in [0.3, 0.4) is 0 Å². The highest BCUT2D eigenvalue weighted by molar-refractivity contribution is 9.10. The summed E-state index contributed by atoms with van der Waals surface area (Å²) in [5.41, 5.74) is 1.72. The molecule has 4 bridgehead atoms. The minimum atomic E-state index is -0.405. The predicted octanol–water partition coefficient (Wildman–Crippen LogP) is 5.49. The fourth-order valence-corrected chi connectivity index (χ4v) is 8.05. The molecule has 0 saturated heterocycles. The topological polar surface area (TPSA) is 46.6 Å². The van der Waals surface area contributed by atoms with Crippen LogP contribution in [0.5, 0.6) is 0 Å². The molecular formula is C27H30BrNO3. The first-order valence-corrected chi connectivity index (χ1v) is 12.4. The first kappa shape index (κ1) is 21.7. The van der Waals surface area contributed by atoms with Gasteiger partial charge >= 0.3 is 5.97 Å². The van der Waals surface area contributed by atoms with Gasteiger partial charge in [-0.2, -0.15) is 0 Å². The van der Waals surface area contributed by atoms with Gasteiger partial charge in [0.05, 0.1) is 5.41 Å². The van der Waals surface area contributed by atoms with Crippen molar-refractivity contribution in [2.24, 2.45) is 17.3 Å². The molecule has 4 nitrogen and oxygen atoms in total. The summed E-state index contributed by atoms with van der Waals surface area (Å²) in [4.78, 5) is 28.2. The van der Waals surface area contributed by atoms with E-state index in [2.05, 4.69) is 15.9 Å². The molecular weight excluding hydrogens is 466 g/mol. The Morgan fingerprint density at radius 1 is 0.875 bits per heavy atom. The largest absolute Gasteiger partial charge is 0.455 e. The van der Waals surface area contributed by atoms with Crippen molar-refractivity contribution in [3.8, 4) is 0 Å². The van der Waals surface area contributed by atoms with E-state index in [1.54, 1.807) is 4.90 Å². The molecule has 2 unspecified atom stereocenters. The zero-order chi connectivity index (χ0) is 22.2. The van der Waals surface area contributed by atoms with Crippen LogP contribution in [0.25, 0.3) is 0 Å². The molecule has 6 rings (SSSR count). The molecule has 2 aromatic carbocycles. The third kappa shape index (κ3) is 4.50. The van der Waals surface area contributed by atoms with Crippen molar-refractivity contribution >= 4 is 27.8 Å². The van der Waals surface area contributed by atoms with Gasteiger partial charge in [-0.1, -0.05) is 76.6 Å². The number of hydrogen-bond acceptors (Lipinski definition) is 3. The third-order valence-corrected chi connectivity index (χ3v) is 8.46. The van der Waals surface area contributed by atoms with Crippen molar-refractivity contribution in [3.63, 3.8) is 0 Å². The smallest absolute Gasteiger partial charge is 0.312 e. The first-order valence-electron chi connectivity index (χ1n) is 11.6. The molecule has 4 aliphatic rings. The van der Waals surface area contributed by atoms with E-state index < -0.39 is 5.41 Å². The number of ether oxygens (including phenoxy) is 1. The van der Waals surface area contributed by atoms with Gasteiger partial charge in [0.2, 0.25) is 0 Å². The number of alkyl halides is 1. The normalized spacial score (nSPS) is 30.2. The number of nitrogens with zero attached hydrogens (tertiary/aromatic N) is 1. The molecule has 1 amide bonds. The number of hydrogen-bond donors (Lipinski definition) is 0. The lowest BCUT2D eigenvalue weighted by atomic mass is 9.49. The number of carbonyl (C=O) groups is 2. The standard InChI is InChI=1S/C27H30BrNO3/c28-27-14-22-11-23(15-27)13-26(12-22,19-27)25(31)32-18-24(30)29(16-20-7-3-1-4-8-20)17-21-9-5-2-6-10-21/h1-10,22-23H,11-19H2. The van der Waals surface area contributed by atoms with Gasteiger partial charge in [0, 0.05) is 17.4 Å². The SMILES string of the molecule is O=C(COC(=O)C12CC3CC(CC(Br)(C3)C1)C2)N(Cc1ccccc1)Cc1ccccc1. The summed E-state index contributed by atoms with van der Waals surface area (Å²) in [6.07, 6.45) is 6.25. The second-order valence-corrected chi connectivity index (χ2v) is 11.9. The summed E-state index contributed by atoms with van der Waals surface area (Å²) in [6.45, 7) is 0.794. The van der Waals surface area contributed by atoms with E-state index >= 15 is 0 Å². The Bertz CT molecular complexity index is 921. The Hall–Kier alpha value is -2.14. The van der Waals surface area contributed by atoms with E-state index in [0.717, 1.165) is 30.4 Å². The molecule has 168 valence electrons. The Labute approximate surface area is 198 Å². The summed E-state index contributed by atoms with van der Waals surface area (Å²) in [5.74, 6) is 0.894. The molecule has 0 N–H and O–H groups in total. The van der Waals surface area contributed by atoms with Crippen LogP contribution in [0.4, 0.5) is 0 Å². The minimum Gasteiger partial charge on any atom is -0.455 e. The molecule has 0 radical (unpaired) electrons. The van der Waals surface area contributed by atoms with Crippen LogP contribution in [0, 0.1) is 17.3 Å². The summed E-state index contributed by atoms with van der Waals surface area (Å²) < 4.78 is 5.83. The summed E-state index contributed by atoms with van der Waals surface area (Å²) in [7, 11) is 0. The second kappa shape index (κ2) is 8.66. The molecule has 0 heterocycles. The number of amides is 1. The van der Waals surface area contributed by atoms with E-state index in [1.165, 1.54) is 19.3 Å². The van der Waals surface area contributed by atoms with Crippen molar-refractivity contribution in [1.82, 2.24) is 4.90 Å². The average molecular weight is 496 g/mol. The van der Waals surface area contributed by atoms with Crippen LogP contribution in [0.1, 0.15) is 49.7 Å². The maximum atomic E-state index is 13.3. The highest BCUT2D eigenvalue weighted by Gasteiger charge is 2.60. The molecule has 0 spiro atoms. The van der Waals surface area contributed by atoms with Crippen LogP contribution < -0.4 is 0 Å². The molecule has 0 aromatic heterocycles. The number of esters is 1. The van der Waals surface area contributed by atoms with Gasteiger partial charge in [-0.3, -0.25) is 9.59 Å². The maximum absolute atomic E-state index is 13.3. The van der Waals surface area contributed by atoms with Gasteiger partial charge in [0.15, 0.2) is 6.61 Å². The van der Waals surface area contributed by atoms with Crippen molar-refractivity contribution in [2.75, 3.05) is 6.61 Å². The Morgan fingerprint density at radius 3 is 1.91 bits per heavy atom. The number of halogens is 1. The van der Waals surface area contributed by atoms with Crippen molar-refractivity contribution in [3.05, 3.63) is 71.8 Å².